The van der Waals surface area contributed by atoms with Crippen molar-refractivity contribution in [3.63, 3.8) is 0 Å². The van der Waals surface area contributed by atoms with Gasteiger partial charge in [0.15, 0.2) is 0 Å². The smallest absolute Gasteiger partial charge is 0.205 e. The first kappa shape index (κ1) is 10.9. The molecule has 0 aliphatic heterocycles. The molecule has 1 aromatic heterocycles. The Morgan fingerprint density at radius 2 is 2.27 bits per heavy atom. The second-order valence-electron chi connectivity index (χ2n) is 4.47. The minimum Gasteiger partial charge on any atom is -0.357 e. The molecule has 2 atom stereocenters. The van der Waals surface area contributed by atoms with Crippen LogP contribution in [0.3, 0.4) is 0 Å². The number of hydrogen-bond donors (Lipinski definition) is 1. The third-order valence-electron chi connectivity index (χ3n) is 3.03. The van der Waals surface area contributed by atoms with Crippen LogP contribution >= 0.6 is 11.3 Å². The zero-order chi connectivity index (χ0) is 10.7. The molecule has 84 valence electrons. The summed E-state index contributed by atoms with van der Waals surface area (Å²) in [5, 5.41) is 13.9. The number of nitrogens with one attached hydrogen (secondary N) is 1. The highest BCUT2D eigenvalue weighted by atomic mass is 32.1. The zero-order valence-corrected chi connectivity index (χ0v) is 10.3. The van der Waals surface area contributed by atoms with Crippen LogP contribution in [0.15, 0.2) is 0 Å². The van der Waals surface area contributed by atoms with Gasteiger partial charge in [-0.05, 0) is 25.2 Å². The maximum absolute atomic E-state index is 4.16. The molecule has 0 bridgehead atoms. The van der Waals surface area contributed by atoms with Crippen molar-refractivity contribution in [3.05, 3.63) is 5.01 Å². The molecule has 1 saturated carbocycles. The lowest BCUT2D eigenvalue weighted by Gasteiger charge is -2.26. The third-order valence-corrected chi connectivity index (χ3v) is 4.03. The maximum atomic E-state index is 4.16. The van der Waals surface area contributed by atoms with Gasteiger partial charge in [0.25, 0.3) is 0 Å². The highest BCUT2D eigenvalue weighted by Gasteiger charge is 2.19. The van der Waals surface area contributed by atoms with Crippen LogP contribution in [0.1, 0.15) is 44.5 Å². The van der Waals surface area contributed by atoms with E-state index in [4.69, 9.17) is 0 Å². The Morgan fingerprint density at radius 1 is 1.40 bits per heavy atom. The Labute approximate surface area is 95.3 Å². The van der Waals surface area contributed by atoms with E-state index in [1.165, 1.54) is 25.7 Å². The molecule has 0 radical (unpaired) electrons. The van der Waals surface area contributed by atoms with Crippen LogP contribution in [0.4, 0.5) is 5.13 Å². The fourth-order valence-corrected chi connectivity index (χ4v) is 2.95. The van der Waals surface area contributed by atoms with Crippen LogP contribution < -0.4 is 5.32 Å². The molecule has 1 heterocycles. The monoisotopic (exact) mass is 225 g/mol. The van der Waals surface area contributed by atoms with Crippen LogP contribution in [0, 0.1) is 5.92 Å². The van der Waals surface area contributed by atoms with Gasteiger partial charge in [-0.25, -0.2) is 0 Å². The summed E-state index contributed by atoms with van der Waals surface area (Å²) in [5.41, 5.74) is 0. The van der Waals surface area contributed by atoms with E-state index in [1.807, 2.05) is 0 Å². The molecule has 4 heteroatoms. The van der Waals surface area contributed by atoms with E-state index in [0.717, 1.165) is 22.5 Å². The molecule has 1 fully saturated rings. The van der Waals surface area contributed by atoms with Crippen molar-refractivity contribution in [2.24, 2.45) is 5.92 Å². The number of nitrogens with zero attached hydrogens (tertiary/aromatic N) is 2. The number of aryl methyl sites for hydroxylation is 1. The summed E-state index contributed by atoms with van der Waals surface area (Å²) >= 11 is 1.69. The fourth-order valence-electron chi connectivity index (χ4n) is 2.19. The molecule has 0 amide bonds. The molecule has 1 aromatic rings. The largest absolute Gasteiger partial charge is 0.357 e. The second-order valence-corrected chi connectivity index (χ2v) is 5.53. The van der Waals surface area contributed by atoms with E-state index in [2.05, 4.69) is 29.4 Å². The van der Waals surface area contributed by atoms with Gasteiger partial charge in [-0.15, -0.1) is 10.2 Å². The summed E-state index contributed by atoms with van der Waals surface area (Å²) in [6, 6.07) is 0.617. The summed E-state index contributed by atoms with van der Waals surface area (Å²) in [4.78, 5) is 0. The summed E-state index contributed by atoms with van der Waals surface area (Å²) in [7, 11) is 0. The van der Waals surface area contributed by atoms with Crippen LogP contribution in [0.5, 0.6) is 0 Å². The SMILES string of the molecule is CCc1nnc(NC2CCCC(C)C2)s1. The quantitative estimate of drug-likeness (QED) is 0.859. The summed E-state index contributed by atoms with van der Waals surface area (Å²) in [5.74, 6) is 0.856. The molecule has 0 saturated heterocycles. The van der Waals surface area contributed by atoms with Gasteiger partial charge in [-0.3, -0.25) is 0 Å². The Hall–Kier alpha value is -0.640. The fraction of sp³-hybridized carbons (Fsp3) is 0.818. The molecule has 1 N–H and O–H groups in total. The standard InChI is InChI=1S/C11H19N3S/c1-3-10-13-14-11(15-10)12-9-6-4-5-8(2)7-9/h8-9H,3-7H2,1-2H3,(H,12,14). The van der Waals surface area contributed by atoms with Crippen LogP contribution in [-0.4, -0.2) is 16.2 Å². The summed E-state index contributed by atoms with van der Waals surface area (Å²) in [6.45, 7) is 4.46. The highest BCUT2D eigenvalue weighted by molar-refractivity contribution is 7.15. The van der Waals surface area contributed by atoms with E-state index in [9.17, 15) is 0 Å². The van der Waals surface area contributed by atoms with Crippen molar-refractivity contribution in [2.75, 3.05) is 5.32 Å². The van der Waals surface area contributed by atoms with Crippen molar-refractivity contribution >= 4 is 16.5 Å². The van der Waals surface area contributed by atoms with Gasteiger partial charge in [0, 0.05) is 6.04 Å². The minimum absolute atomic E-state index is 0.617. The van der Waals surface area contributed by atoms with Gasteiger partial charge >= 0.3 is 0 Å². The van der Waals surface area contributed by atoms with Crippen molar-refractivity contribution in [1.29, 1.82) is 0 Å². The molecule has 0 spiro atoms. The minimum atomic E-state index is 0.617. The van der Waals surface area contributed by atoms with Gasteiger partial charge in [0.05, 0.1) is 0 Å². The van der Waals surface area contributed by atoms with Gasteiger partial charge < -0.3 is 5.32 Å². The topological polar surface area (TPSA) is 37.8 Å². The molecule has 1 aliphatic rings. The molecule has 2 unspecified atom stereocenters. The van der Waals surface area contributed by atoms with Crippen molar-refractivity contribution in [3.8, 4) is 0 Å². The summed E-state index contributed by atoms with van der Waals surface area (Å²) < 4.78 is 0. The molecule has 1 aliphatic carbocycles. The Balaban J connectivity index is 1.90. The Morgan fingerprint density at radius 3 is 2.93 bits per heavy atom. The second kappa shape index (κ2) is 4.92. The first-order chi connectivity index (χ1) is 7.28. The molecular weight excluding hydrogens is 206 g/mol. The van der Waals surface area contributed by atoms with Gasteiger partial charge in [0.1, 0.15) is 5.01 Å². The lowest BCUT2D eigenvalue weighted by Crippen LogP contribution is -2.26. The highest BCUT2D eigenvalue weighted by Crippen LogP contribution is 2.27. The lowest BCUT2D eigenvalue weighted by atomic mass is 9.87. The first-order valence-electron chi connectivity index (χ1n) is 5.87. The average molecular weight is 225 g/mol. The molecular formula is C11H19N3S. The average Bonchev–Trinajstić information content (AvgIpc) is 2.65. The normalized spacial score (nSPS) is 26.5. The Kier molecular flexibility index (Phi) is 3.57. The molecule has 15 heavy (non-hydrogen) atoms. The first-order valence-corrected chi connectivity index (χ1v) is 6.68. The predicted octanol–water partition coefficient (Wildman–Crippen LogP) is 3.09. The van der Waals surface area contributed by atoms with E-state index >= 15 is 0 Å². The van der Waals surface area contributed by atoms with Crippen LogP contribution in [-0.2, 0) is 6.42 Å². The Bertz CT molecular complexity index is 311. The molecule has 2 rings (SSSR count). The number of hydrogen-bond acceptors (Lipinski definition) is 4. The van der Waals surface area contributed by atoms with Crippen molar-refractivity contribution < 1.29 is 0 Å². The van der Waals surface area contributed by atoms with E-state index < -0.39 is 0 Å². The van der Waals surface area contributed by atoms with Crippen molar-refractivity contribution in [2.45, 2.75) is 52.0 Å². The van der Waals surface area contributed by atoms with E-state index in [1.54, 1.807) is 11.3 Å². The lowest BCUT2D eigenvalue weighted by molar-refractivity contribution is 0.358. The van der Waals surface area contributed by atoms with Gasteiger partial charge in [0.2, 0.25) is 5.13 Å². The van der Waals surface area contributed by atoms with E-state index in [0.29, 0.717) is 6.04 Å². The van der Waals surface area contributed by atoms with Crippen LogP contribution in [0.2, 0.25) is 0 Å². The number of anilines is 1. The van der Waals surface area contributed by atoms with Crippen LogP contribution in [0.25, 0.3) is 0 Å². The van der Waals surface area contributed by atoms with E-state index in [-0.39, 0.29) is 0 Å². The number of aromatic nitrogens is 2. The van der Waals surface area contributed by atoms with Gasteiger partial charge in [-0.2, -0.15) is 0 Å². The maximum Gasteiger partial charge on any atom is 0.205 e. The zero-order valence-electron chi connectivity index (χ0n) is 9.49. The molecule has 0 aromatic carbocycles. The third kappa shape index (κ3) is 2.91. The molecule has 3 nitrogen and oxygen atoms in total. The number of rotatable bonds is 3. The van der Waals surface area contributed by atoms with Crippen molar-refractivity contribution in [1.82, 2.24) is 10.2 Å². The summed E-state index contributed by atoms with van der Waals surface area (Å²) in [6.07, 6.45) is 6.28. The predicted molar refractivity (Wildman–Crippen MR) is 64.3 cm³/mol. The van der Waals surface area contributed by atoms with Gasteiger partial charge in [-0.1, -0.05) is 38.0 Å².